The largest absolute Gasteiger partial charge is 0.629 e. The summed E-state index contributed by atoms with van der Waals surface area (Å²) in [6, 6.07) is 1.98. The molecule has 1 rings (SSSR count). The van der Waals surface area contributed by atoms with Gasteiger partial charge in [-0.15, -0.1) is 0 Å². The molecule has 0 aliphatic heterocycles. The van der Waals surface area contributed by atoms with Gasteiger partial charge in [0.15, 0.2) is 0 Å². The number of hydroxylamine groups is 2. The third-order valence-electron chi connectivity index (χ3n) is 1.05. The molecule has 0 aliphatic carbocycles. The second-order valence-corrected chi connectivity index (χ2v) is 2.78. The molecule has 0 fully saturated rings. The van der Waals surface area contributed by atoms with Crippen LogP contribution in [-0.4, -0.2) is 7.05 Å². The highest BCUT2D eigenvalue weighted by atomic mass is 32.1. The van der Waals surface area contributed by atoms with E-state index in [4.69, 9.17) is 0 Å². The summed E-state index contributed by atoms with van der Waals surface area (Å²) in [5.74, 6) is 0. The molecule has 1 N–H and O–H groups in total. The van der Waals surface area contributed by atoms with E-state index in [2.05, 4.69) is 0 Å². The van der Waals surface area contributed by atoms with Gasteiger partial charge in [-0.2, -0.15) is 11.3 Å². The molecule has 0 aliphatic rings. The normalized spacial score (nSPS) is 14.2. The van der Waals surface area contributed by atoms with Crippen molar-refractivity contribution in [2.75, 3.05) is 7.05 Å². The van der Waals surface area contributed by atoms with E-state index in [9.17, 15) is 5.21 Å². The predicted molar refractivity (Wildman–Crippen MR) is 43.6 cm³/mol. The second-order valence-electron chi connectivity index (χ2n) is 2.00. The molecule has 1 aromatic rings. The first-order valence-electron chi connectivity index (χ1n) is 3.00. The van der Waals surface area contributed by atoms with Crippen LogP contribution < -0.4 is 5.06 Å². The van der Waals surface area contributed by atoms with E-state index in [-0.39, 0.29) is 5.06 Å². The van der Waals surface area contributed by atoms with Crippen molar-refractivity contribution >= 4 is 17.4 Å². The molecule has 0 amide bonds. The molecule has 2 nitrogen and oxygen atoms in total. The first kappa shape index (κ1) is 7.47. The zero-order valence-corrected chi connectivity index (χ0v) is 6.52. The van der Waals surface area contributed by atoms with Gasteiger partial charge in [0.1, 0.15) is 0 Å². The summed E-state index contributed by atoms with van der Waals surface area (Å²) in [7, 11) is 1.54. The SMILES string of the molecule is C[NH+]([O-])/C=C/c1ccsc1. The fourth-order valence-electron chi connectivity index (χ4n) is 0.583. The number of rotatable bonds is 2. The Hall–Kier alpha value is -0.640. The molecular weight excluding hydrogens is 146 g/mol. The summed E-state index contributed by atoms with van der Waals surface area (Å²) in [6.45, 7) is 0. The zero-order valence-electron chi connectivity index (χ0n) is 5.70. The van der Waals surface area contributed by atoms with Crippen molar-refractivity contribution in [3.63, 3.8) is 0 Å². The minimum Gasteiger partial charge on any atom is -0.629 e. The highest BCUT2D eigenvalue weighted by molar-refractivity contribution is 7.08. The first-order valence-corrected chi connectivity index (χ1v) is 3.94. The summed E-state index contributed by atoms with van der Waals surface area (Å²) in [4.78, 5) is 0. The molecule has 1 heterocycles. The van der Waals surface area contributed by atoms with Crippen LogP contribution in [0.1, 0.15) is 5.56 Å². The summed E-state index contributed by atoms with van der Waals surface area (Å²) >= 11 is 1.63. The van der Waals surface area contributed by atoms with Crippen molar-refractivity contribution in [3.8, 4) is 0 Å². The van der Waals surface area contributed by atoms with E-state index in [1.165, 1.54) is 0 Å². The fraction of sp³-hybridized carbons (Fsp3) is 0.143. The van der Waals surface area contributed by atoms with Gasteiger partial charge in [-0.1, -0.05) is 0 Å². The number of nitrogens with one attached hydrogen (secondary N) is 1. The molecule has 3 heteroatoms. The molecular formula is C7H9NOS. The van der Waals surface area contributed by atoms with Crippen molar-refractivity contribution in [1.29, 1.82) is 0 Å². The number of thiophene rings is 1. The maximum Gasteiger partial charge on any atom is 0.0946 e. The first-order chi connectivity index (χ1) is 4.79. The van der Waals surface area contributed by atoms with E-state index in [1.54, 1.807) is 24.6 Å². The van der Waals surface area contributed by atoms with Gasteiger partial charge >= 0.3 is 0 Å². The predicted octanol–water partition coefficient (Wildman–Crippen LogP) is 0.731. The van der Waals surface area contributed by atoms with Gasteiger partial charge in [-0.05, 0) is 28.5 Å². The number of hydrogen-bond acceptors (Lipinski definition) is 2. The van der Waals surface area contributed by atoms with Crippen molar-refractivity contribution in [2.45, 2.75) is 0 Å². The van der Waals surface area contributed by atoms with Crippen LogP contribution in [0.4, 0.5) is 0 Å². The molecule has 0 bridgehead atoms. The summed E-state index contributed by atoms with van der Waals surface area (Å²) in [5.41, 5.74) is 1.10. The maximum atomic E-state index is 10.5. The minimum atomic E-state index is 0.0891. The highest BCUT2D eigenvalue weighted by Crippen LogP contribution is 2.06. The van der Waals surface area contributed by atoms with E-state index >= 15 is 0 Å². The van der Waals surface area contributed by atoms with Crippen LogP contribution in [0.2, 0.25) is 0 Å². The van der Waals surface area contributed by atoms with Gasteiger partial charge in [0.25, 0.3) is 0 Å². The lowest BCUT2D eigenvalue weighted by molar-refractivity contribution is -0.765. The summed E-state index contributed by atoms with van der Waals surface area (Å²) < 4.78 is 0. The molecule has 54 valence electrons. The van der Waals surface area contributed by atoms with Gasteiger partial charge in [-0.25, -0.2) is 0 Å². The molecule has 1 aromatic heterocycles. The van der Waals surface area contributed by atoms with E-state index < -0.39 is 0 Å². The van der Waals surface area contributed by atoms with Gasteiger partial charge in [-0.3, -0.25) is 0 Å². The number of hydrogen-bond donors (Lipinski definition) is 1. The fourth-order valence-corrected chi connectivity index (χ4v) is 1.21. The van der Waals surface area contributed by atoms with Gasteiger partial charge in [0.2, 0.25) is 0 Å². The Morgan fingerprint density at radius 3 is 3.00 bits per heavy atom. The molecule has 0 spiro atoms. The highest BCUT2D eigenvalue weighted by Gasteiger charge is 1.84. The van der Waals surface area contributed by atoms with Crippen LogP contribution in [0.15, 0.2) is 23.0 Å². The summed E-state index contributed by atoms with van der Waals surface area (Å²) in [5, 5.41) is 14.5. The van der Waals surface area contributed by atoms with Crippen molar-refractivity contribution < 1.29 is 5.06 Å². The topological polar surface area (TPSA) is 27.5 Å². The average Bonchev–Trinajstić information content (AvgIpc) is 2.34. The Bertz CT molecular complexity index is 203. The lowest BCUT2D eigenvalue weighted by Crippen LogP contribution is -2.98. The van der Waals surface area contributed by atoms with E-state index in [0.29, 0.717) is 0 Å². The standard InChI is InChI=1S/C7H9NOS/c1-8(9)4-2-7-3-5-10-6-7/h2-6,8H,1H3/b4-2+. The Morgan fingerprint density at radius 1 is 1.70 bits per heavy atom. The lowest BCUT2D eigenvalue weighted by atomic mass is 10.3. The van der Waals surface area contributed by atoms with E-state index in [0.717, 1.165) is 5.56 Å². The Labute approximate surface area is 64.0 Å². The van der Waals surface area contributed by atoms with Crippen molar-refractivity contribution in [1.82, 2.24) is 0 Å². The third-order valence-corrected chi connectivity index (χ3v) is 1.76. The monoisotopic (exact) mass is 155 g/mol. The number of quaternary nitrogens is 1. The summed E-state index contributed by atoms with van der Waals surface area (Å²) in [6.07, 6.45) is 3.39. The molecule has 0 saturated heterocycles. The zero-order chi connectivity index (χ0) is 7.40. The molecule has 0 radical (unpaired) electrons. The molecule has 0 saturated carbocycles. The molecule has 1 atom stereocenters. The van der Waals surface area contributed by atoms with Crippen LogP contribution in [0, 0.1) is 5.21 Å². The second kappa shape index (κ2) is 3.51. The third kappa shape index (κ3) is 2.31. The van der Waals surface area contributed by atoms with Crippen LogP contribution in [0.25, 0.3) is 6.08 Å². The van der Waals surface area contributed by atoms with Crippen LogP contribution >= 0.6 is 11.3 Å². The van der Waals surface area contributed by atoms with Gasteiger partial charge in [0, 0.05) is 0 Å². The van der Waals surface area contributed by atoms with Crippen LogP contribution in [-0.2, 0) is 0 Å². The average molecular weight is 155 g/mol. The molecule has 1 unspecified atom stereocenters. The maximum absolute atomic E-state index is 10.5. The molecule has 10 heavy (non-hydrogen) atoms. The van der Waals surface area contributed by atoms with Crippen LogP contribution in [0.3, 0.4) is 0 Å². The van der Waals surface area contributed by atoms with Crippen LogP contribution in [0.5, 0.6) is 0 Å². The molecule has 0 aromatic carbocycles. The lowest BCUT2D eigenvalue weighted by Gasteiger charge is -2.07. The van der Waals surface area contributed by atoms with Crippen molar-refractivity contribution in [2.24, 2.45) is 0 Å². The Balaban J connectivity index is 2.55. The minimum absolute atomic E-state index is 0.0891. The smallest absolute Gasteiger partial charge is 0.0946 e. The Kier molecular flexibility index (Phi) is 2.62. The van der Waals surface area contributed by atoms with Gasteiger partial charge < -0.3 is 10.3 Å². The van der Waals surface area contributed by atoms with Crippen molar-refractivity contribution in [3.05, 3.63) is 33.8 Å². The van der Waals surface area contributed by atoms with E-state index in [1.807, 2.05) is 22.9 Å². The Morgan fingerprint density at radius 2 is 2.50 bits per heavy atom. The quantitative estimate of drug-likeness (QED) is 0.626. The van der Waals surface area contributed by atoms with Gasteiger partial charge in [0.05, 0.1) is 13.2 Å².